The molecule has 1 fully saturated rings. The van der Waals surface area contributed by atoms with Crippen molar-refractivity contribution in [2.45, 2.75) is 46.2 Å². The number of nitrogens with zero attached hydrogens (tertiary/aromatic N) is 2. The minimum Gasteiger partial charge on any atom is -0.494 e. The smallest absolute Gasteiger partial charge is 0.255 e. The maximum absolute atomic E-state index is 12.7. The molecular formula is C24H31N3O3. The van der Waals surface area contributed by atoms with Crippen LogP contribution in [-0.2, 0) is 11.3 Å². The molecule has 30 heavy (non-hydrogen) atoms. The monoisotopic (exact) mass is 409 g/mol. The molecule has 1 N–H and O–H groups in total. The lowest BCUT2D eigenvalue weighted by Gasteiger charge is -2.24. The highest BCUT2D eigenvalue weighted by Crippen LogP contribution is 2.34. The fourth-order valence-corrected chi connectivity index (χ4v) is 3.74. The predicted molar refractivity (Wildman–Crippen MR) is 120 cm³/mol. The third-order valence-corrected chi connectivity index (χ3v) is 5.54. The maximum Gasteiger partial charge on any atom is 0.255 e. The first-order chi connectivity index (χ1) is 14.4. The summed E-state index contributed by atoms with van der Waals surface area (Å²) in [5, 5.41) is 2.92. The summed E-state index contributed by atoms with van der Waals surface area (Å²) in [6, 6.07) is 13.6. The number of hydrogen-bond donors (Lipinski definition) is 1. The van der Waals surface area contributed by atoms with Gasteiger partial charge in [0.15, 0.2) is 0 Å². The van der Waals surface area contributed by atoms with Gasteiger partial charge in [0.2, 0.25) is 5.91 Å². The summed E-state index contributed by atoms with van der Waals surface area (Å²) >= 11 is 0. The quantitative estimate of drug-likeness (QED) is 0.706. The van der Waals surface area contributed by atoms with Crippen LogP contribution in [-0.4, -0.2) is 43.0 Å². The summed E-state index contributed by atoms with van der Waals surface area (Å²) in [7, 11) is 1.57. The van der Waals surface area contributed by atoms with Crippen LogP contribution in [0.15, 0.2) is 42.5 Å². The number of carbonyl (C=O) groups excluding carboxylic acids is 2. The number of hydrogen-bond acceptors (Lipinski definition) is 4. The van der Waals surface area contributed by atoms with Gasteiger partial charge in [0.25, 0.3) is 5.91 Å². The van der Waals surface area contributed by atoms with Crippen molar-refractivity contribution in [1.29, 1.82) is 0 Å². The first-order valence-corrected chi connectivity index (χ1v) is 10.6. The van der Waals surface area contributed by atoms with Crippen LogP contribution in [0.2, 0.25) is 0 Å². The molecule has 6 nitrogen and oxygen atoms in total. The molecule has 0 spiro atoms. The van der Waals surface area contributed by atoms with E-state index in [-0.39, 0.29) is 11.8 Å². The Kier molecular flexibility index (Phi) is 7.11. The van der Waals surface area contributed by atoms with Crippen molar-refractivity contribution in [3.8, 4) is 5.75 Å². The van der Waals surface area contributed by atoms with Crippen molar-refractivity contribution in [2.75, 3.05) is 30.4 Å². The van der Waals surface area contributed by atoms with E-state index in [0.29, 0.717) is 36.0 Å². The number of benzene rings is 2. The van der Waals surface area contributed by atoms with E-state index in [0.717, 1.165) is 25.2 Å². The van der Waals surface area contributed by atoms with Gasteiger partial charge < -0.3 is 15.0 Å². The second kappa shape index (κ2) is 9.76. The van der Waals surface area contributed by atoms with Gasteiger partial charge in [0.05, 0.1) is 12.8 Å². The number of carbonyl (C=O) groups is 2. The summed E-state index contributed by atoms with van der Waals surface area (Å²) in [6.45, 7) is 9.07. The minimum absolute atomic E-state index is 0.101. The Morgan fingerprint density at radius 3 is 2.50 bits per heavy atom. The van der Waals surface area contributed by atoms with E-state index in [2.05, 4.69) is 31.0 Å². The molecule has 1 saturated heterocycles. The Bertz CT molecular complexity index is 893. The van der Waals surface area contributed by atoms with Crippen molar-refractivity contribution in [3.63, 3.8) is 0 Å². The molecule has 2 aromatic rings. The van der Waals surface area contributed by atoms with Gasteiger partial charge in [-0.25, -0.2) is 0 Å². The van der Waals surface area contributed by atoms with Crippen LogP contribution in [0.4, 0.5) is 11.4 Å². The number of ether oxygens (including phenoxy) is 1. The zero-order chi connectivity index (χ0) is 21.7. The third-order valence-electron chi connectivity index (χ3n) is 5.54. The zero-order valence-corrected chi connectivity index (χ0v) is 18.3. The number of rotatable bonds is 8. The summed E-state index contributed by atoms with van der Waals surface area (Å²) in [4.78, 5) is 28.8. The van der Waals surface area contributed by atoms with Crippen LogP contribution in [0.5, 0.6) is 5.75 Å². The van der Waals surface area contributed by atoms with Crippen LogP contribution in [0.3, 0.4) is 0 Å². The lowest BCUT2D eigenvalue weighted by atomic mass is 10.1. The summed E-state index contributed by atoms with van der Waals surface area (Å²) in [5.74, 6) is 0.501. The van der Waals surface area contributed by atoms with Crippen LogP contribution >= 0.6 is 0 Å². The molecule has 1 aliphatic rings. The van der Waals surface area contributed by atoms with Gasteiger partial charge in [-0.1, -0.05) is 19.1 Å². The molecule has 2 amide bonds. The van der Waals surface area contributed by atoms with Crippen LogP contribution in [0.1, 0.15) is 49.5 Å². The van der Waals surface area contributed by atoms with E-state index in [1.807, 2.05) is 30.3 Å². The fourth-order valence-electron chi connectivity index (χ4n) is 3.74. The van der Waals surface area contributed by atoms with E-state index < -0.39 is 0 Å². The highest BCUT2D eigenvalue weighted by atomic mass is 16.5. The number of anilines is 2. The van der Waals surface area contributed by atoms with E-state index in [9.17, 15) is 9.59 Å². The average Bonchev–Trinajstić information content (AvgIpc) is 3.17. The molecule has 6 heteroatoms. The molecule has 0 radical (unpaired) electrons. The van der Waals surface area contributed by atoms with E-state index >= 15 is 0 Å². The lowest BCUT2D eigenvalue weighted by molar-refractivity contribution is -0.117. The standard InChI is InChI=1S/C24H31N3O3/c1-5-26(17(2)3)16-18-8-10-19(11-9-18)24(29)25-20-12-13-21(22(15-20)30-4)27-14-6-7-23(27)28/h8-13,15,17H,5-7,14,16H2,1-4H3,(H,25,29). The molecule has 0 saturated carbocycles. The predicted octanol–water partition coefficient (Wildman–Crippen LogP) is 4.30. The number of amides is 2. The number of methoxy groups -OCH3 is 1. The summed E-state index contributed by atoms with van der Waals surface area (Å²) in [5.41, 5.74) is 3.16. The van der Waals surface area contributed by atoms with Gasteiger partial charge in [0.1, 0.15) is 5.75 Å². The Balaban J connectivity index is 1.69. The zero-order valence-electron chi connectivity index (χ0n) is 18.3. The topological polar surface area (TPSA) is 61.9 Å². The molecule has 0 bridgehead atoms. The Morgan fingerprint density at radius 2 is 1.93 bits per heavy atom. The van der Waals surface area contributed by atoms with Gasteiger partial charge in [-0.3, -0.25) is 14.5 Å². The first-order valence-electron chi connectivity index (χ1n) is 10.6. The van der Waals surface area contributed by atoms with Gasteiger partial charge in [-0.2, -0.15) is 0 Å². The SMILES string of the molecule is CCN(Cc1ccc(C(=O)Nc2ccc(N3CCCC3=O)c(OC)c2)cc1)C(C)C. The van der Waals surface area contributed by atoms with Gasteiger partial charge in [0, 0.05) is 42.9 Å². The Hall–Kier alpha value is -2.86. The van der Waals surface area contributed by atoms with Crippen LogP contribution < -0.4 is 15.0 Å². The molecular weight excluding hydrogens is 378 g/mol. The molecule has 0 aromatic heterocycles. The van der Waals surface area contributed by atoms with Crippen molar-refractivity contribution < 1.29 is 14.3 Å². The highest BCUT2D eigenvalue weighted by Gasteiger charge is 2.24. The summed E-state index contributed by atoms with van der Waals surface area (Å²) < 4.78 is 5.47. The molecule has 3 rings (SSSR count). The lowest BCUT2D eigenvalue weighted by Crippen LogP contribution is -2.29. The molecule has 2 aromatic carbocycles. The number of nitrogens with one attached hydrogen (secondary N) is 1. The maximum atomic E-state index is 12.7. The average molecular weight is 410 g/mol. The fraction of sp³-hybridized carbons (Fsp3) is 0.417. The van der Waals surface area contributed by atoms with Crippen LogP contribution in [0, 0.1) is 0 Å². The van der Waals surface area contributed by atoms with Gasteiger partial charge >= 0.3 is 0 Å². The van der Waals surface area contributed by atoms with Gasteiger partial charge in [-0.15, -0.1) is 0 Å². The normalized spacial score (nSPS) is 13.9. The molecule has 160 valence electrons. The Morgan fingerprint density at radius 1 is 1.20 bits per heavy atom. The molecule has 0 atom stereocenters. The largest absolute Gasteiger partial charge is 0.494 e. The van der Waals surface area contributed by atoms with Gasteiger partial charge in [-0.05, 0) is 56.6 Å². The summed E-state index contributed by atoms with van der Waals surface area (Å²) in [6.07, 6.45) is 1.41. The van der Waals surface area contributed by atoms with Crippen molar-refractivity contribution in [3.05, 3.63) is 53.6 Å². The molecule has 1 aliphatic heterocycles. The molecule has 0 unspecified atom stereocenters. The minimum atomic E-state index is -0.176. The Labute approximate surface area is 178 Å². The van der Waals surface area contributed by atoms with E-state index in [4.69, 9.17) is 4.74 Å². The second-order valence-corrected chi connectivity index (χ2v) is 7.84. The highest BCUT2D eigenvalue weighted by molar-refractivity contribution is 6.05. The third kappa shape index (κ3) is 5.00. The molecule has 1 heterocycles. The second-order valence-electron chi connectivity index (χ2n) is 7.84. The van der Waals surface area contributed by atoms with Crippen molar-refractivity contribution in [2.24, 2.45) is 0 Å². The van der Waals surface area contributed by atoms with Crippen LogP contribution in [0.25, 0.3) is 0 Å². The van der Waals surface area contributed by atoms with E-state index in [1.54, 1.807) is 24.1 Å². The van der Waals surface area contributed by atoms with Crippen molar-refractivity contribution >= 4 is 23.2 Å². The molecule has 0 aliphatic carbocycles. The first kappa shape index (κ1) is 21.8. The van der Waals surface area contributed by atoms with E-state index in [1.165, 1.54) is 5.56 Å². The van der Waals surface area contributed by atoms with Crippen molar-refractivity contribution in [1.82, 2.24) is 4.90 Å².